The highest BCUT2D eigenvalue weighted by Crippen LogP contribution is 2.28. The van der Waals surface area contributed by atoms with Crippen LogP contribution in [0.2, 0.25) is 0 Å². The molecule has 1 saturated heterocycles. The van der Waals surface area contributed by atoms with E-state index in [-0.39, 0.29) is 18.0 Å². The van der Waals surface area contributed by atoms with Crippen LogP contribution in [0.25, 0.3) is 0 Å². The van der Waals surface area contributed by atoms with Gasteiger partial charge in [0, 0.05) is 10.6 Å². The van der Waals surface area contributed by atoms with Crippen LogP contribution in [0.3, 0.4) is 0 Å². The van der Waals surface area contributed by atoms with Crippen LogP contribution in [-0.2, 0) is 16.0 Å². The number of aliphatic hydroxyl groups excluding tert-OH is 1. The first-order valence-corrected chi connectivity index (χ1v) is 12.8. The molecule has 2 heterocycles. The van der Waals surface area contributed by atoms with Gasteiger partial charge >= 0.3 is 12.0 Å². The summed E-state index contributed by atoms with van der Waals surface area (Å²) >= 11 is 1.40. The van der Waals surface area contributed by atoms with E-state index in [9.17, 15) is 19.5 Å². The number of rotatable bonds is 12. The van der Waals surface area contributed by atoms with Crippen molar-refractivity contribution in [1.82, 2.24) is 5.32 Å². The van der Waals surface area contributed by atoms with Gasteiger partial charge in [-0.2, -0.15) is 0 Å². The SMILES string of the molecule is CCCCCC(O)c1ccc(N2C(=O)NC(=O)C2CCCc2ccc(C(=O)OC(C)C)s2)cc1. The van der Waals surface area contributed by atoms with Gasteiger partial charge in [0.2, 0.25) is 0 Å². The van der Waals surface area contributed by atoms with Crippen LogP contribution in [0.1, 0.15) is 85.5 Å². The largest absolute Gasteiger partial charge is 0.459 e. The number of unbranched alkanes of at least 4 members (excludes halogenated alkanes) is 2. The van der Waals surface area contributed by atoms with Gasteiger partial charge in [0.05, 0.1) is 12.2 Å². The fourth-order valence-electron chi connectivity index (χ4n) is 4.04. The molecule has 1 aliphatic heterocycles. The number of anilines is 1. The molecule has 1 aliphatic rings. The second kappa shape index (κ2) is 12.1. The van der Waals surface area contributed by atoms with Crippen LogP contribution in [0.4, 0.5) is 10.5 Å². The number of ether oxygens (including phenoxy) is 1. The van der Waals surface area contributed by atoms with Gasteiger partial charge in [-0.25, -0.2) is 9.59 Å². The zero-order valence-electron chi connectivity index (χ0n) is 20.1. The van der Waals surface area contributed by atoms with Gasteiger partial charge in [-0.1, -0.05) is 38.3 Å². The van der Waals surface area contributed by atoms with Crippen molar-refractivity contribution in [2.45, 2.75) is 84.0 Å². The number of thiophene rings is 1. The molecule has 0 bridgehead atoms. The van der Waals surface area contributed by atoms with Crippen LogP contribution in [0.15, 0.2) is 36.4 Å². The van der Waals surface area contributed by atoms with E-state index in [2.05, 4.69) is 12.2 Å². The minimum atomic E-state index is -0.585. The van der Waals surface area contributed by atoms with Gasteiger partial charge in [0.25, 0.3) is 5.91 Å². The summed E-state index contributed by atoms with van der Waals surface area (Å²) in [5.74, 6) is -0.627. The minimum Gasteiger partial charge on any atom is -0.459 e. The summed E-state index contributed by atoms with van der Waals surface area (Å²) in [6.45, 7) is 5.76. The van der Waals surface area contributed by atoms with E-state index in [0.717, 1.165) is 29.7 Å². The first-order valence-electron chi connectivity index (χ1n) is 12.0. The Morgan fingerprint density at radius 3 is 2.53 bits per heavy atom. The monoisotopic (exact) mass is 486 g/mol. The number of hydrogen-bond donors (Lipinski definition) is 2. The molecule has 1 aromatic carbocycles. The van der Waals surface area contributed by atoms with Gasteiger partial charge in [0.1, 0.15) is 10.9 Å². The van der Waals surface area contributed by atoms with Crippen molar-refractivity contribution in [3.05, 3.63) is 51.7 Å². The maximum absolute atomic E-state index is 12.5. The van der Waals surface area contributed by atoms with Crippen molar-refractivity contribution in [1.29, 1.82) is 0 Å². The van der Waals surface area contributed by atoms with Gasteiger partial charge in [-0.15, -0.1) is 11.3 Å². The van der Waals surface area contributed by atoms with E-state index in [1.54, 1.807) is 18.2 Å². The molecule has 0 aliphatic carbocycles. The van der Waals surface area contributed by atoms with Gasteiger partial charge in [-0.05, 0) is 69.4 Å². The lowest BCUT2D eigenvalue weighted by atomic mass is 10.0. The van der Waals surface area contributed by atoms with Crippen molar-refractivity contribution in [3.8, 4) is 0 Å². The number of nitrogens with zero attached hydrogens (tertiary/aromatic N) is 1. The van der Waals surface area contributed by atoms with E-state index >= 15 is 0 Å². The van der Waals surface area contributed by atoms with Crippen molar-refractivity contribution in [3.63, 3.8) is 0 Å². The second-order valence-electron chi connectivity index (χ2n) is 8.90. The molecule has 34 heavy (non-hydrogen) atoms. The van der Waals surface area contributed by atoms with E-state index in [1.807, 2.05) is 32.0 Å². The highest BCUT2D eigenvalue weighted by atomic mass is 32.1. The van der Waals surface area contributed by atoms with Crippen LogP contribution < -0.4 is 10.2 Å². The molecular formula is C26H34N2O5S. The van der Waals surface area contributed by atoms with Crippen molar-refractivity contribution in [2.75, 3.05) is 4.90 Å². The van der Waals surface area contributed by atoms with Gasteiger partial charge in [0.15, 0.2) is 0 Å². The number of benzene rings is 1. The molecule has 2 aromatic rings. The fourth-order valence-corrected chi connectivity index (χ4v) is 4.97. The first-order chi connectivity index (χ1) is 16.3. The number of hydrogen-bond acceptors (Lipinski definition) is 6. The molecule has 0 spiro atoms. The maximum atomic E-state index is 12.5. The van der Waals surface area contributed by atoms with Crippen LogP contribution >= 0.6 is 11.3 Å². The highest BCUT2D eigenvalue weighted by molar-refractivity contribution is 7.13. The Kier molecular flexibility index (Phi) is 9.24. The molecule has 0 saturated carbocycles. The Morgan fingerprint density at radius 2 is 1.85 bits per heavy atom. The Morgan fingerprint density at radius 1 is 1.12 bits per heavy atom. The summed E-state index contributed by atoms with van der Waals surface area (Å²) in [6, 6.07) is 9.87. The lowest BCUT2D eigenvalue weighted by molar-refractivity contribution is -0.120. The quantitative estimate of drug-likeness (QED) is 0.239. The predicted molar refractivity (Wildman–Crippen MR) is 133 cm³/mol. The zero-order chi connectivity index (χ0) is 24.7. The lowest BCUT2D eigenvalue weighted by Crippen LogP contribution is -2.35. The Bertz CT molecular complexity index is 985. The minimum absolute atomic E-state index is 0.166. The lowest BCUT2D eigenvalue weighted by Gasteiger charge is -2.22. The van der Waals surface area contributed by atoms with Crippen LogP contribution in [0, 0.1) is 0 Å². The number of carbonyl (C=O) groups is 3. The van der Waals surface area contributed by atoms with E-state index in [1.165, 1.54) is 16.2 Å². The number of aliphatic hydroxyl groups is 1. The number of nitrogens with one attached hydrogen (secondary N) is 1. The highest BCUT2D eigenvalue weighted by Gasteiger charge is 2.38. The molecule has 184 valence electrons. The molecule has 2 N–H and O–H groups in total. The normalized spacial score (nSPS) is 16.7. The average Bonchev–Trinajstić information content (AvgIpc) is 3.38. The molecule has 3 rings (SSSR count). The van der Waals surface area contributed by atoms with E-state index < -0.39 is 18.2 Å². The summed E-state index contributed by atoms with van der Waals surface area (Å²) in [5.41, 5.74) is 1.44. The first kappa shape index (κ1) is 25.9. The third kappa shape index (κ3) is 6.67. The summed E-state index contributed by atoms with van der Waals surface area (Å²) in [6.07, 6.45) is 5.06. The molecule has 1 aromatic heterocycles. The van der Waals surface area contributed by atoms with E-state index in [4.69, 9.17) is 4.74 Å². The van der Waals surface area contributed by atoms with E-state index in [0.29, 0.717) is 36.2 Å². The topological polar surface area (TPSA) is 95.9 Å². The number of esters is 1. The number of urea groups is 1. The van der Waals surface area contributed by atoms with Crippen molar-refractivity contribution in [2.24, 2.45) is 0 Å². The number of imide groups is 1. The van der Waals surface area contributed by atoms with Crippen LogP contribution in [0.5, 0.6) is 0 Å². The molecule has 1 fully saturated rings. The number of amides is 3. The van der Waals surface area contributed by atoms with Crippen LogP contribution in [-0.4, -0.2) is 35.2 Å². The van der Waals surface area contributed by atoms with Crippen molar-refractivity contribution < 1.29 is 24.2 Å². The molecule has 0 radical (unpaired) electrons. The Hall–Kier alpha value is -2.71. The van der Waals surface area contributed by atoms with Gasteiger partial charge < -0.3 is 9.84 Å². The molecule has 7 nitrogen and oxygen atoms in total. The summed E-state index contributed by atoms with van der Waals surface area (Å²) in [4.78, 5) is 40.1. The Labute approximate surface area is 205 Å². The second-order valence-corrected chi connectivity index (χ2v) is 10.1. The standard InChI is InChI=1S/C26H34N2O5S/c1-4-5-6-10-22(29)18-11-13-19(14-12-18)28-21(24(30)27-26(28)32)9-7-8-20-15-16-23(34-20)25(31)33-17(2)3/h11-17,21-22,29H,4-10H2,1-3H3,(H,27,30,32). The molecule has 8 heteroatoms. The maximum Gasteiger partial charge on any atom is 0.348 e. The molecule has 2 atom stereocenters. The van der Waals surface area contributed by atoms with Crippen molar-refractivity contribution >= 4 is 34.9 Å². The fraction of sp³-hybridized carbons (Fsp3) is 0.500. The third-order valence-electron chi connectivity index (χ3n) is 5.81. The smallest absolute Gasteiger partial charge is 0.348 e. The molecule has 2 unspecified atom stereocenters. The summed E-state index contributed by atoms with van der Waals surface area (Å²) in [7, 11) is 0. The summed E-state index contributed by atoms with van der Waals surface area (Å²) < 4.78 is 5.23. The molecular weight excluding hydrogens is 452 g/mol. The van der Waals surface area contributed by atoms with Gasteiger partial charge in [-0.3, -0.25) is 15.0 Å². The number of aryl methyl sites for hydroxylation is 1. The average molecular weight is 487 g/mol. The summed E-state index contributed by atoms with van der Waals surface area (Å²) in [5, 5.41) is 12.8. The third-order valence-corrected chi connectivity index (χ3v) is 6.93. The predicted octanol–water partition coefficient (Wildman–Crippen LogP) is 5.37. The Balaban J connectivity index is 1.59. The molecule has 3 amide bonds. The number of carbonyl (C=O) groups excluding carboxylic acids is 3. The zero-order valence-corrected chi connectivity index (χ0v) is 20.9.